The van der Waals surface area contributed by atoms with E-state index in [0.717, 1.165) is 17.7 Å². The highest BCUT2D eigenvalue weighted by Gasteiger charge is 2.21. The summed E-state index contributed by atoms with van der Waals surface area (Å²) in [6.45, 7) is 5.90. The van der Waals surface area contributed by atoms with E-state index in [0.29, 0.717) is 17.3 Å². The van der Waals surface area contributed by atoms with E-state index in [2.05, 4.69) is 24.1 Å². The van der Waals surface area contributed by atoms with Crippen molar-refractivity contribution >= 4 is 11.6 Å². The van der Waals surface area contributed by atoms with Crippen LogP contribution in [0.4, 0.5) is 8.78 Å². The Kier molecular flexibility index (Phi) is 4.29. The van der Waals surface area contributed by atoms with Gasteiger partial charge >= 0.3 is 0 Å². The third kappa shape index (κ3) is 2.88. The maximum absolute atomic E-state index is 14.5. The minimum atomic E-state index is -0.811. The van der Waals surface area contributed by atoms with Crippen molar-refractivity contribution in [2.45, 2.75) is 26.7 Å². The smallest absolute Gasteiger partial charge is 0.251 e. The fourth-order valence-corrected chi connectivity index (χ4v) is 2.85. The Morgan fingerprint density at radius 3 is 2.40 bits per heavy atom. The van der Waals surface area contributed by atoms with Crippen LogP contribution in [0.2, 0.25) is 0 Å². The standard InChI is InChI=1S/C19H19F2N3O/c1-10(2)12-5-6-24-11(3)18(23-16(24)9-12)17-14(20)7-13(8-15(17)21)19(25)22-4/h5-10H,1-4H3,(H,22,25). The molecule has 0 saturated heterocycles. The molecule has 1 N–H and O–H groups in total. The molecule has 2 aromatic heterocycles. The van der Waals surface area contributed by atoms with Crippen LogP contribution in [0.3, 0.4) is 0 Å². The monoisotopic (exact) mass is 343 g/mol. The molecule has 0 bridgehead atoms. The van der Waals surface area contributed by atoms with Crippen molar-refractivity contribution in [3.63, 3.8) is 0 Å². The molecule has 0 aliphatic rings. The molecule has 6 heteroatoms. The Bertz CT molecular complexity index is 953. The number of imidazole rings is 1. The van der Waals surface area contributed by atoms with Gasteiger partial charge in [0.2, 0.25) is 0 Å². The molecule has 3 rings (SSSR count). The minimum absolute atomic E-state index is 0.0650. The molecule has 130 valence electrons. The lowest BCUT2D eigenvalue weighted by Gasteiger charge is -2.07. The number of amides is 1. The normalized spacial score (nSPS) is 11.3. The molecule has 1 aromatic carbocycles. The van der Waals surface area contributed by atoms with Gasteiger partial charge in [-0.15, -0.1) is 0 Å². The Morgan fingerprint density at radius 1 is 1.20 bits per heavy atom. The summed E-state index contributed by atoms with van der Waals surface area (Å²) in [5.41, 5.74) is 2.31. The summed E-state index contributed by atoms with van der Waals surface area (Å²) in [5.74, 6) is -1.84. The molecule has 2 heterocycles. The molecular formula is C19H19F2N3O. The van der Waals surface area contributed by atoms with Gasteiger partial charge in [-0.2, -0.15) is 0 Å². The maximum atomic E-state index is 14.5. The molecule has 0 unspecified atom stereocenters. The SMILES string of the molecule is CNC(=O)c1cc(F)c(-c2nc3cc(C(C)C)ccn3c2C)c(F)c1. The molecular weight excluding hydrogens is 324 g/mol. The molecule has 25 heavy (non-hydrogen) atoms. The van der Waals surface area contributed by atoms with E-state index in [1.807, 2.05) is 18.3 Å². The van der Waals surface area contributed by atoms with Crippen molar-refractivity contribution in [1.29, 1.82) is 0 Å². The Hall–Kier alpha value is -2.76. The molecule has 0 aliphatic heterocycles. The van der Waals surface area contributed by atoms with Crippen molar-refractivity contribution < 1.29 is 13.6 Å². The molecule has 0 saturated carbocycles. The summed E-state index contributed by atoms with van der Waals surface area (Å²) in [4.78, 5) is 16.0. The number of carbonyl (C=O) groups is 1. The third-order valence-electron chi connectivity index (χ3n) is 4.32. The van der Waals surface area contributed by atoms with E-state index in [-0.39, 0.29) is 16.8 Å². The van der Waals surface area contributed by atoms with Gasteiger partial charge in [0.05, 0.1) is 11.3 Å². The first-order valence-electron chi connectivity index (χ1n) is 8.03. The van der Waals surface area contributed by atoms with E-state index < -0.39 is 17.5 Å². The number of nitrogens with one attached hydrogen (secondary N) is 1. The van der Waals surface area contributed by atoms with Crippen LogP contribution in [0, 0.1) is 18.6 Å². The number of nitrogens with zero attached hydrogens (tertiary/aromatic N) is 2. The second kappa shape index (κ2) is 6.27. The van der Waals surface area contributed by atoms with Gasteiger partial charge in [0, 0.05) is 24.5 Å². The van der Waals surface area contributed by atoms with Crippen LogP contribution < -0.4 is 5.32 Å². The molecule has 0 aliphatic carbocycles. The van der Waals surface area contributed by atoms with Gasteiger partial charge in [0.1, 0.15) is 17.3 Å². The molecule has 4 nitrogen and oxygen atoms in total. The second-order valence-corrected chi connectivity index (χ2v) is 6.28. The van der Waals surface area contributed by atoms with Gasteiger partial charge < -0.3 is 9.72 Å². The number of carbonyl (C=O) groups excluding carboxylic acids is 1. The number of aryl methyl sites for hydroxylation is 1. The van der Waals surface area contributed by atoms with Crippen LogP contribution in [0.25, 0.3) is 16.9 Å². The molecule has 3 aromatic rings. The lowest BCUT2D eigenvalue weighted by Crippen LogP contribution is -2.18. The number of benzene rings is 1. The van der Waals surface area contributed by atoms with E-state index in [1.165, 1.54) is 7.05 Å². The molecule has 1 amide bonds. The highest BCUT2D eigenvalue weighted by Crippen LogP contribution is 2.30. The van der Waals surface area contributed by atoms with Gasteiger partial charge in [-0.05, 0) is 42.7 Å². The van der Waals surface area contributed by atoms with Crippen LogP contribution in [0.1, 0.15) is 41.4 Å². The van der Waals surface area contributed by atoms with Gasteiger partial charge in [-0.3, -0.25) is 4.79 Å². The number of halogens is 2. The lowest BCUT2D eigenvalue weighted by atomic mass is 10.1. The number of rotatable bonds is 3. The van der Waals surface area contributed by atoms with Gasteiger partial charge in [0.15, 0.2) is 0 Å². The van der Waals surface area contributed by atoms with Crippen molar-refractivity contribution in [2.24, 2.45) is 0 Å². The average molecular weight is 343 g/mol. The topological polar surface area (TPSA) is 46.4 Å². The number of fused-ring (bicyclic) bond motifs is 1. The summed E-state index contributed by atoms with van der Waals surface area (Å²) >= 11 is 0. The van der Waals surface area contributed by atoms with Crippen LogP contribution in [0.15, 0.2) is 30.5 Å². The predicted octanol–water partition coefficient (Wildman–Crippen LogP) is 4.07. The van der Waals surface area contributed by atoms with Crippen LogP contribution >= 0.6 is 0 Å². The minimum Gasteiger partial charge on any atom is -0.355 e. The second-order valence-electron chi connectivity index (χ2n) is 6.28. The number of aromatic nitrogens is 2. The quantitative estimate of drug-likeness (QED) is 0.779. The first-order valence-corrected chi connectivity index (χ1v) is 8.03. The Morgan fingerprint density at radius 2 is 1.84 bits per heavy atom. The predicted molar refractivity (Wildman–Crippen MR) is 92.8 cm³/mol. The molecule has 0 fully saturated rings. The first-order chi connectivity index (χ1) is 11.8. The lowest BCUT2D eigenvalue weighted by molar-refractivity contribution is 0.0962. The van der Waals surface area contributed by atoms with Gasteiger partial charge in [-0.25, -0.2) is 13.8 Å². The fraction of sp³-hybridized carbons (Fsp3) is 0.263. The zero-order valence-electron chi connectivity index (χ0n) is 14.5. The van der Waals surface area contributed by atoms with Crippen molar-refractivity contribution in [3.05, 3.63) is 58.9 Å². The number of pyridine rings is 1. The largest absolute Gasteiger partial charge is 0.355 e. The highest BCUT2D eigenvalue weighted by molar-refractivity contribution is 5.94. The summed E-state index contributed by atoms with van der Waals surface area (Å²) in [5, 5.41) is 2.35. The van der Waals surface area contributed by atoms with E-state index in [1.54, 1.807) is 11.3 Å². The fourth-order valence-electron chi connectivity index (χ4n) is 2.85. The zero-order chi connectivity index (χ0) is 18.3. The first kappa shape index (κ1) is 17.1. The summed E-state index contributed by atoms with van der Waals surface area (Å²) in [7, 11) is 1.41. The van der Waals surface area contributed by atoms with E-state index in [4.69, 9.17) is 0 Å². The van der Waals surface area contributed by atoms with Crippen molar-refractivity contribution in [1.82, 2.24) is 14.7 Å². The Balaban J connectivity index is 2.19. The van der Waals surface area contributed by atoms with E-state index >= 15 is 0 Å². The van der Waals surface area contributed by atoms with Crippen molar-refractivity contribution in [3.8, 4) is 11.3 Å². The maximum Gasteiger partial charge on any atom is 0.251 e. The van der Waals surface area contributed by atoms with Crippen LogP contribution in [0.5, 0.6) is 0 Å². The summed E-state index contributed by atoms with van der Waals surface area (Å²) < 4.78 is 30.9. The molecule has 0 atom stereocenters. The van der Waals surface area contributed by atoms with Crippen molar-refractivity contribution in [2.75, 3.05) is 7.05 Å². The zero-order valence-corrected chi connectivity index (χ0v) is 14.5. The third-order valence-corrected chi connectivity index (χ3v) is 4.32. The van der Waals surface area contributed by atoms with Crippen LogP contribution in [-0.4, -0.2) is 22.3 Å². The highest BCUT2D eigenvalue weighted by atomic mass is 19.1. The summed E-state index contributed by atoms with van der Waals surface area (Å²) in [6.07, 6.45) is 1.85. The molecule has 0 spiro atoms. The van der Waals surface area contributed by atoms with Crippen LogP contribution in [-0.2, 0) is 0 Å². The van der Waals surface area contributed by atoms with Gasteiger partial charge in [0.25, 0.3) is 5.91 Å². The summed E-state index contributed by atoms with van der Waals surface area (Å²) in [6, 6.07) is 5.94. The molecule has 0 radical (unpaired) electrons. The number of hydrogen-bond donors (Lipinski definition) is 1. The Labute approximate surface area is 144 Å². The number of hydrogen-bond acceptors (Lipinski definition) is 2. The van der Waals surface area contributed by atoms with E-state index in [9.17, 15) is 13.6 Å². The average Bonchev–Trinajstić information content (AvgIpc) is 2.89. The van der Waals surface area contributed by atoms with Gasteiger partial charge in [-0.1, -0.05) is 13.8 Å².